The van der Waals surface area contributed by atoms with Crippen molar-refractivity contribution in [1.82, 2.24) is 0 Å². The molecule has 1 fully saturated rings. The van der Waals surface area contributed by atoms with E-state index in [1.54, 1.807) is 0 Å². The molecular formula is C11H12FNO4. The van der Waals surface area contributed by atoms with Crippen LogP contribution in [0.5, 0.6) is 5.75 Å². The summed E-state index contributed by atoms with van der Waals surface area (Å²) in [4.78, 5) is 10.1. The summed E-state index contributed by atoms with van der Waals surface area (Å²) in [5, 5.41) is 20.3. The van der Waals surface area contributed by atoms with Crippen molar-refractivity contribution in [2.45, 2.75) is 31.5 Å². The first-order chi connectivity index (χ1) is 8.08. The Morgan fingerprint density at radius 1 is 1.47 bits per heavy atom. The quantitative estimate of drug-likeness (QED) is 0.649. The molecule has 0 aliphatic heterocycles. The first-order valence-electron chi connectivity index (χ1n) is 5.36. The molecule has 0 aromatic heterocycles. The molecule has 1 N–H and O–H groups in total. The van der Waals surface area contributed by atoms with Crippen molar-refractivity contribution in [2.24, 2.45) is 0 Å². The van der Waals surface area contributed by atoms with E-state index in [4.69, 9.17) is 4.74 Å². The van der Waals surface area contributed by atoms with Crippen LogP contribution in [-0.4, -0.2) is 22.2 Å². The van der Waals surface area contributed by atoms with Crippen LogP contribution in [0.2, 0.25) is 0 Å². The first kappa shape index (κ1) is 11.8. The lowest BCUT2D eigenvalue weighted by Gasteiger charge is -2.16. The molecule has 1 aromatic rings. The minimum absolute atomic E-state index is 0.124. The summed E-state index contributed by atoms with van der Waals surface area (Å²) < 4.78 is 18.3. The van der Waals surface area contributed by atoms with Crippen molar-refractivity contribution in [1.29, 1.82) is 0 Å². The summed E-state index contributed by atoms with van der Waals surface area (Å²) >= 11 is 0. The second-order valence-electron chi connectivity index (χ2n) is 4.02. The highest BCUT2D eigenvalue weighted by atomic mass is 19.1. The van der Waals surface area contributed by atoms with Crippen molar-refractivity contribution in [2.75, 3.05) is 0 Å². The maximum atomic E-state index is 13.0. The average molecular weight is 241 g/mol. The van der Waals surface area contributed by atoms with E-state index in [9.17, 15) is 19.6 Å². The Morgan fingerprint density at radius 2 is 2.24 bits per heavy atom. The van der Waals surface area contributed by atoms with Gasteiger partial charge in [-0.3, -0.25) is 10.1 Å². The van der Waals surface area contributed by atoms with E-state index >= 15 is 0 Å². The highest BCUT2D eigenvalue weighted by Gasteiger charge is 2.29. The number of ether oxygens (including phenoxy) is 1. The lowest BCUT2D eigenvalue weighted by Crippen LogP contribution is -2.25. The van der Waals surface area contributed by atoms with Crippen LogP contribution in [0.4, 0.5) is 10.1 Å². The fourth-order valence-electron chi connectivity index (χ4n) is 1.94. The fraction of sp³-hybridized carbons (Fsp3) is 0.455. The van der Waals surface area contributed by atoms with Crippen LogP contribution in [-0.2, 0) is 0 Å². The Hall–Kier alpha value is -1.69. The zero-order valence-corrected chi connectivity index (χ0v) is 9.01. The van der Waals surface area contributed by atoms with Gasteiger partial charge in [0.05, 0.1) is 11.0 Å². The molecule has 0 bridgehead atoms. The van der Waals surface area contributed by atoms with Gasteiger partial charge in [0, 0.05) is 12.1 Å². The van der Waals surface area contributed by atoms with Gasteiger partial charge in [-0.05, 0) is 25.3 Å². The van der Waals surface area contributed by atoms with Gasteiger partial charge in [-0.2, -0.15) is 0 Å². The van der Waals surface area contributed by atoms with E-state index in [1.165, 1.54) is 0 Å². The number of nitro benzene ring substituents is 1. The molecule has 0 amide bonds. The summed E-state index contributed by atoms with van der Waals surface area (Å²) in [5.74, 6) is -0.723. The van der Waals surface area contributed by atoms with Gasteiger partial charge in [0.25, 0.3) is 0 Å². The maximum absolute atomic E-state index is 13.0. The predicted octanol–water partition coefficient (Wildman–Crippen LogP) is 2.03. The maximum Gasteiger partial charge on any atom is 0.311 e. The lowest BCUT2D eigenvalue weighted by molar-refractivity contribution is -0.386. The normalized spacial score (nSPS) is 23.6. The summed E-state index contributed by atoms with van der Waals surface area (Å²) in [6.45, 7) is 0. The largest absolute Gasteiger partial charge is 0.481 e. The van der Waals surface area contributed by atoms with Crippen molar-refractivity contribution < 1.29 is 19.2 Å². The van der Waals surface area contributed by atoms with Crippen molar-refractivity contribution in [3.05, 3.63) is 34.1 Å². The van der Waals surface area contributed by atoms with Gasteiger partial charge in [0.1, 0.15) is 11.9 Å². The van der Waals surface area contributed by atoms with Gasteiger partial charge in [0.15, 0.2) is 5.75 Å². The zero-order valence-electron chi connectivity index (χ0n) is 9.01. The SMILES string of the molecule is O=[N+]([O-])c1ccc(F)cc1O[C@H]1CCC[C@H]1O. The van der Waals surface area contributed by atoms with E-state index < -0.39 is 22.9 Å². The second-order valence-corrected chi connectivity index (χ2v) is 4.02. The summed E-state index contributed by atoms with van der Waals surface area (Å²) in [6, 6.07) is 3.05. The van der Waals surface area contributed by atoms with Gasteiger partial charge in [-0.15, -0.1) is 0 Å². The molecule has 1 aliphatic carbocycles. The van der Waals surface area contributed by atoms with Crippen LogP contribution in [0.1, 0.15) is 19.3 Å². The summed E-state index contributed by atoms with van der Waals surface area (Å²) in [6.07, 6.45) is 0.894. The third-order valence-corrected chi connectivity index (χ3v) is 2.81. The number of aliphatic hydroxyl groups excluding tert-OH is 1. The monoisotopic (exact) mass is 241 g/mol. The Morgan fingerprint density at radius 3 is 2.82 bits per heavy atom. The number of halogens is 1. The molecule has 17 heavy (non-hydrogen) atoms. The van der Waals surface area contributed by atoms with Crippen LogP contribution < -0.4 is 4.74 Å². The summed E-state index contributed by atoms with van der Waals surface area (Å²) in [7, 11) is 0. The smallest absolute Gasteiger partial charge is 0.311 e. The van der Waals surface area contributed by atoms with Gasteiger partial charge in [-0.25, -0.2) is 4.39 Å². The lowest BCUT2D eigenvalue weighted by atomic mass is 10.2. The Bertz CT molecular complexity index is 437. The molecule has 0 radical (unpaired) electrons. The number of nitro groups is 1. The number of aliphatic hydroxyl groups is 1. The number of benzene rings is 1. The van der Waals surface area contributed by atoms with E-state index in [1.807, 2.05) is 0 Å². The van der Waals surface area contributed by atoms with Crippen LogP contribution in [0.15, 0.2) is 18.2 Å². The van der Waals surface area contributed by atoms with Crippen molar-refractivity contribution in [3.8, 4) is 5.75 Å². The second kappa shape index (κ2) is 4.67. The van der Waals surface area contributed by atoms with E-state index in [2.05, 4.69) is 0 Å². The standard InChI is InChI=1S/C11H12FNO4/c12-7-4-5-8(13(15)16)11(6-7)17-10-3-1-2-9(10)14/h4-6,9-10,14H,1-3H2/t9-,10+/m1/s1. The third-order valence-electron chi connectivity index (χ3n) is 2.81. The van der Waals surface area contributed by atoms with Gasteiger partial charge in [-0.1, -0.05) is 0 Å². The molecule has 0 heterocycles. The van der Waals surface area contributed by atoms with Crippen LogP contribution in [0.3, 0.4) is 0 Å². The molecule has 2 atom stereocenters. The molecule has 1 aromatic carbocycles. The Labute approximate surface area is 97.0 Å². The molecule has 0 spiro atoms. The minimum Gasteiger partial charge on any atom is -0.481 e. The summed E-state index contributed by atoms with van der Waals surface area (Å²) in [5.41, 5.74) is -0.287. The topological polar surface area (TPSA) is 72.6 Å². The van der Waals surface area contributed by atoms with E-state index in [0.717, 1.165) is 24.6 Å². The zero-order chi connectivity index (χ0) is 12.4. The fourth-order valence-corrected chi connectivity index (χ4v) is 1.94. The van der Waals surface area contributed by atoms with Crippen molar-refractivity contribution >= 4 is 5.69 Å². The number of rotatable bonds is 3. The third kappa shape index (κ3) is 2.52. The van der Waals surface area contributed by atoms with E-state index in [-0.39, 0.29) is 11.4 Å². The van der Waals surface area contributed by atoms with E-state index in [0.29, 0.717) is 12.8 Å². The first-order valence-corrected chi connectivity index (χ1v) is 5.36. The van der Waals surface area contributed by atoms with Gasteiger partial charge >= 0.3 is 5.69 Å². The van der Waals surface area contributed by atoms with Gasteiger partial charge in [0.2, 0.25) is 0 Å². The molecular weight excluding hydrogens is 229 g/mol. The molecule has 5 nitrogen and oxygen atoms in total. The average Bonchev–Trinajstić information content (AvgIpc) is 2.64. The van der Waals surface area contributed by atoms with Crippen LogP contribution in [0.25, 0.3) is 0 Å². The molecule has 2 rings (SSSR count). The number of hydrogen-bond acceptors (Lipinski definition) is 4. The highest BCUT2D eigenvalue weighted by molar-refractivity contribution is 5.46. The van der Waals surface area contributed by atoms with Crippen LogP contribution >= 0.6 is 0 Å². The molecule has 0 saturated heterocycles. The molecule has 1 aliphatic rings. The predicted molar refractivity (Wildman–Crippen MR) is 57.3 cm³/mol. The molecule has 92 valence electrons. The number of hydrogen-bond donors (Lipinski definition) is 1. The molecule has 6 heteroatoms. The van der Waals surface area contributed by atoms with Crippen molar-refractivity contribution in [3.63, 3.8) is 0 Å². The highest BCUT2D eigenvalue weighted by Crippen LogP contribution is 2.32. The minimum atomic E-state index is -0.641. The molecule has 0 unspecified atom stereocenters. The van der Waals surface area contributed by atoms with Gasteiger partial charge < -0.3 is 9.84 Å². The Balaban J connectivity index is 2.24. The van der Waals surface area contributed by atoms with Crippen LogP contribution in [0, 0.1) is 15.9 Å². The Kier molecular flexibility index (Phi) is 3.23. The molecule has 1 saturated carbocycles. The number of nitrogens with zero attached hydrogens (tertiary/aromatic N) is 1.